The third kappa shape index (κ3) is 4.33. The van der Waals surface area contributed by atoms with E-state index in [0.29, 0.717) is 55.7 Å². The maximum atomic E-state index is 12.9. The number of carbonyl (C=O) groups excluding carboxylic acids is 3. The van der Waals surface area contributed by atoms with Gasteiger partial charge in [-0.05, 0) is 55.0 Å². The zero-order valence-electron chi connectivity index (χ0n) is 19.1. The highest BCUT2D eigenvalue weighted by molar-refractivity contribution is 6.01. The fourth-order valence-electron chi connectivity index (χ4n) is 4.73. The average Bonchev–Trinajstić information content (AvgIpc) is 3.13. The lowest BCUT2D eigenvalue weighted by atomic mass is 9.99. The molecule has 34 heavy (non-hydrogen) atoms. The van der Waals surface area contributed by atoms with E-state index >= 15 is 0 Å². The monoisotopic (exact) mass is 454 g/mol. The fourth-order valence-corrected chi connectivity index (χ4v) is 4.73. The largest absolute Gasteiger partial charge is 0.329 e. The standard InChI is InChI=1S/C27H26N4O3/c1-16-3-10-25(26(33)29-16)31-15-21-11-18(6-9-23(21)27(31)34)5-8-22(32)12-19-4-7-20-14-28-17(2)30-24(20)13-19/h4,6-7,9,11,13-14,25H,1,3,5,8,10,12,15H2,2H3,(H,29,33). The summed E-state index contributed by atoms with van der Waals surface area (Å²) < 4.78 is 0. The number of piperidine rings is 1. The van der Waals surface area contributed by atoms with Crippen molar-refractivity contribution < 1.29 is 14.4 Å². The number of benzene rings is 2. The second-order valence-electron chi connectivity index (χ2n) is 9.10. The molecule has 2 aliphatic rings. The Morgan fingerprint density at radius 1 is 1.18 bits per heavy atom. The first-order chi connectivity index (χ1) is 16.4. The summed E-state index contributed by atoms with van der Waals surface area (Å²) in [6.07, 6.45) is 4.45. The van der Waals surface area contributed by atoms with Crippen LogP contribution in [0.15, 0.2) is 54.9 Å². The molecule has 0 aliphatic carbocycles. The Hall–Kier alpha value is -3.87. The number of nitrogens with one attached hydrogen (secondary N) is 1. The van der Waals surface area contributed by atoms with Crippen molar-refractivity contribution in [1.29, 1.82) is 0 Å². The van der Waals surface area contributed by atoms with Gasteiger partial charge in [-0.2, -0.15) is 0 Å². The Morgan fingerprint density at radius 3 is 2.82 bits per heavy atom. The number of aromatic nitrogens is 2. The number of nitrogens with zero attached hydrogens (tertiary/aromatic N) is 3. The van der Waals surface area contributed by atoms with Gasteiger partial charge in [0.25, 0.3) is 5.91 Å². The molecule has 0 bridgehead atoms. The third-order valence-electron chi connectivity index (χ3n) is 6.56. The van der Waals surface area contributed by atoms with E-state index in [0.717, 1.165) is 27.6 Å². The highest BCUT2D eigenvalue weighted by Crippen LogP contribution is 2.29. The van der Waals surface area contributed by atoms with Crippen LogP contribution in [0.4, 0.5) is 0 Å². The molecule has 1 N–H and O–H groups in total. The minimum atomic E-state index is -0.466. The number of Topliss-reactive ketones (excluding diaryl/α,β-unsaturated/α-hetero) is 1. The molecule has 3 heterocycles. The first-order valence-corrected chi connectivity index (χ1v) is 11.5. The highest BCUT2D eigenvalue weighted by atomic mass is 16.2. The molecule has 0 saturated carbocycles. The number of ketones is 1. The summed E-state index contributed by atoms with van der Waals surface area (Å²) in [4.78, 5) is 48.2. The Balaban J connectivity index is 1.21. The van der Waals surface area contributed by atoms with Gasteiger partial charge in [0, 0.05) is 42.2 Å². The normalized spacial score (nSPS) is 17.7. The van der Waals surface area contributed by atoms with E-state index in [2.05, 4.69) is 21.9 Å². The van der Waals surface area contributed by atoms with Crippen LogP contribution >= 0.6 is 0 Å². The molecule has 2 aliphatic heterocycles. The van der Waals surface area contributed by atoms with Crippen molar-refractivity contribution in [3.63, 3.8) is 0 Å². The predicted octanol–water partition coefficient (Wildman–Crippen LogP) is 3.43. The lowest BCUT2D eigenvalue weighted by Gasteiger charge is -2.30. The number of fused-ring (bicyclic) bond motifs is 2. The Bertz CT molecular complexity index is 1350. The number of aryl methyl sites for hydroxylation is 2. The van der Waals surface area contributed by atoms with Crippen LogP contribution in [0.3, 0.4) is 0 Å². The van der Waals surface area contributed by atoms with Gasteiger partial charge < -0.3 is 10.2 Å². The van der Waals surface area contributed by atoms with Crippen molar-refractivity contribution in [3.05, 3.63) is 82.9 Å². The number of carbonyl (C=O) groups is 3. The molecule has 2 amide bonds. The summed E-state index contributed by atoms with van der Waals surface area (Å²) in [6.45, 7) is 6.07. The molecular formula is C27H26N4O3. The molecular weight excluding hydrogens is 428 g/mol. The minimum Gasteiger partial charge on any atom is -0.329 e. The summed E-state index contributed by atoms with van der Waals surface area (Å²) in [6, 6.07) is 11.1. The van der Waals surface area contributed by atoms with E-state index in [1.165, 1.54) is 0 Å². The number of hydrogen-bond donors (Lipinski definition) is 1. The molecule has 172 valence electrons. The van der Waals surface area contributed by atoms with E-state index < -0.39 is 6.04 Å². The van der Waals surface area contributed by atoms with E-state index in [1.807, 2.05) is 43.3 Å². The van der Waals surface area contributed by atoms with Gasteiger partial charge >= 0.3 is 0 Å². The van der Waals surface area contributed by atoms with Crippen LogP contribution in [0.5, 0.6) is 0 Å². The molecule has 2 aromatic carbocycles. The first-order valence-electron chi connectivity index (χ1n) is 11.5. The summed E-state index contributed by atoms with van der Waals surface area (Å²) in [7, 11) is 0. The van der Waals surface area contributed by atoms with Gasteiger partial charge in [0.15, 0.2) is 0 Å². The van der Waals surface area contributed by atoms with Crippen LogP contribution < -0.4 is 5.32 Å². The molecule has 1 atom stereocenters. The zero-order valence-corrected chi connectivity index (χ0v) is 19.1. The van der Waals surface area contributed by atoms with E-state index in [1.54, 1.807) is 11.1 Å². The SMILES string of the molecule is C=C1CCC(N2Cc3cc(CCC(=O)Cc4ccc5cnc(C)nc5c4)ccc3C2=O)C(=O)N1. The first kappa shape index (κ1) is 21.9. The van der Waals surface area contributed by atoms with Gasteiger partial charge in [0.05, 0.1) is 5.52 Å². The van der Waals surface area contributed by atoms with Gasteiger partial charge in [-0.25, -0.2) is 9.97 Å². The van der Waals surface area contributed by atoms with Crippen LogP contribution in [0.1, 0.15) is 52.1 Å². The van der Waals surface area contributed by atoms with Crippen molar-refractivity contribution in [2.45, 2.75) is 51.6 Å². The second-order valence-corrected chi connectivity index (χ2v) is 9.10. The van der Waals surface area contributed by atoms with Crippen molar-refractivity contribution in [1.82, 2.24) is 20.2 Å². The molecule has 1 unspecified atom stereocenters. The van der Waals surface area contributed by atoms with E-state index in [4.69, 9.17) is 0 Å². The molecule has 5 rings (SSSR count). The van der Waals surface area contributed by atoms with Crippen LogP contribution in [-0.4, -0.2) is 38.5 Å². The van der Waals surface area contributed by atoms with Gasteiger partial charge in [0.1, 0.15) is 17.6 Å². The lowest BCUT2D eigenvalue weighted by Crippen LogP contribution is -2.49. The number of amides is 2. The summed E-state index contributed by atoms with van der Waals surface area (Å²) >= 11 is 0. The predicted molar refractivity (Wildman–Crippen MR) is 128 cm³/mol. The topological polar surface area (TPSA) is 92.3 Å². The summed E-state index contributed by atoms with van der Waals surface area (Å²) in [5.74, 6) is 0.584. The summed E-state index contributed by atoms with van der Waals surface area (Å²) in [5.41, 5.74) is 5.06. The molecule has 1 saturated heterocycles. The molecule has 3 aromatic rings. The summed E-state index contributed by atoms with van der Waals surface area (Å²) in [5, 5.41) is 3.72. The van der Waals surface area contributed by atoms with Gasteiger partial charge in [0.2, 0.25) is 5.91 Å². The van der Waals surface area contributed by atoms with Crippen LogP contribution in [0.2, 0.25) is 0 Å². The third-order valence-corrected chi connectivity index (χ3v) is 6.56. The average molecular weight is 455 g/mol. The van der Waals surface area contributed by atoms with Gasteiger partial charge in [-0.15, -0.1) is 0 Å². The maximum absolute atomic E-state index is 12.9. The smallest absolute Gasteiger partial charge is 0.255 e. The van der Waals surface area contributed by atoms with Crippen molar-refractivity contribution >= 4 is 28.5 Å². The molecule has 1 fully saturated rings. The van der Waals surface area contributed by atoms with Crippen molar-refractivity contribution in [2.75, 3.05) is 0 Å². The Kier molecular flexibility index (Phi) is 5.69. The quantitative estimate of drug-likeness (QED) is 0.616. The van der Waals surface area contributed by atoms with Gasteiger partial charge in [-0.1, -0.05) is 30.8 Å². The minimum absolute atomic E-state index is 0.111. The van der Waals surface area contributed by atoms with E-state index in [-0.39, 0.29) is 17.6 Å². The lowest BCUT2D eigenvalue weighted by molar-refractivity contribution is -0.126. The zero-order chi connectivity index (χ0) is 23.8. The van der Waals surface area contributed by atoms with Crippen LogP contribution in [-0.2, 0) is 29.0 Å². The number of allylic oxidation sites excluding steroid dienone is 1. The molecule has 0 radical (unpaired) electrons. The van der Waals surface area contributed by atoms with Gasteiger partial charge in [-0.3, -0.25) is 14.4 Å². The molecule has 7 nitrogen and oxygen atoms in total. The second kappa shape index (κ2) is 8.82. The number of hydrogen-bond acceptors (Lipinski definition) is 5. The number of rotatable bonds is 6. The maximum Gasteiger partial charge on any atom is 0.255 e. The van der Waals surface area contributed by atoms with Crippen LogP contribution in [0.25, 0.3) is 10.9 Å². The molecule has 0 spiro atoms. The molecule has 7 heteroatoms. The Labute approximate surface area is 197 Å². The Morgan fingerprint density at radius 2 is 2.00 bits per heavy atom. The fraction of sp³-hybridized carbons (Fsp3) is 0.296. The molecule has 1 aromatic heterocycles. The highest BCUT2D eigenvalue weighted by Gasteiger charge is 2.38. The van der Waals surface area contributed by atoms with Crippen molar-refractivity contribution in [3.8, 4) is 0 Å². The van der Waals surface area contributed by atoms with Crippen LogP contribution in [0, 0.1) is 6.92 Å². The van der Waals surface area contributed by atoms with E-state index in [9.17, 15) is 14.4 Å². The van der Waals surface area contributed by atoms with Crippen molar-refractivity contribution in [2.24, 2.45) is 0 Å².